The zero-order valence-electron chi connectivity index (χ0n) is 19.7. The van der Waals surface area contributed by atoms with Crippen molar-refractivity contribution >= 4 is 11.9 Å². The summed E-state index contributed by atoms with van der Waals surface area (Å²) in [5, 5.41) is 23.1. The van der Waals surface area contributed by atoms with E-state index in [2.05, 4.69) is 12.2 Å². The van der Waals surface area contributed by atoms with Crippen molar-refractivity contribution in [2.24, 2.45) is 0 Å². The van der Waals surface area contributed by atoms with Crippen molar-refractivity contribution in [1.29, 1.82) is 0 Å². The Bertz CT molecular complexity index is 412. The number of carbonyl (C=O) groups excluding carboxylic acids is 1. The molecule has 0 saturated heterocycles. The second-order valence-electron chi connectivity index (χ2n) is 6.31. The third kappa shape index (κ3) is 11.0. The summed E-state index contributed by atoms with van der Waals surface area (Å²) in [7, 11) is 0. The summed E-state index contributed by atoms with van der Waals surface area (Å²) >= 11 is 0. The van der Waals surface area contributed by atoms with Crippen LogP contribution in [0.25, 0.3) is 0 Å². The van der Waals surface area contributed by atoms with E-state index in [1.807, 2.05) is 6.92 Å². The SMILES string of the molecule is CCCCCCCC(=O)N(O)C(C)C(C)(OC(C)NCC)C(=O)O.[H-].[H-].[Na+].[Na+]. The van der Waals surface area contributed by atoms with E-state index >= 15 is 0 Å². The van der Waals surface area contributed by atoms with Crippen LogP contribution in [-0.4, -0.2) is 51.7 Å². The van der Waals surface area contributed by atoms with Gasteiger partial charge in [0.05, 0.1) is 6.04 Å². The van der Waals surface area contributed by atoms with Crippen LogP contribution < -0.4 is 64.4 Å². The average molecular weight is 394 g/mol. The van der Waals surface area contributed by atoms with Crippen molar-refractivity contribution in [2.45, 2.75) is 91.0 Å². The Labute approximate surface area is 205 Å². The summed E-state index contributed by atoms with van der Waals surface area (Å²) in [5.74, 6) is -1.71. The monoisotopic (exact) mass is 394 g/mol. The van der Waals surface area contributed by atoms with E-state index in [1.54, 1.807) is 6.92 Å². The number of rotatable bonds is 13. The summed E-state index contributed by atoms with van der Waals surface area (Å²) in [6, 6.07) is -1.01. The molecule has 0 bridgehead atoms. The molecular formula is C17H36N2Na2O5. The Balaban J connectivity index is -0.000000441. The molecule has 0 spiro atoms. The van der Waals surface area contributed by atoms with Crippen molar-refractivity contribution in [3.05, 3.63) is 0 Å². The molecule has 0 aliphatic heterocycles. The molecule has 0 aliphatic rings. The first kappa shape index (κ1) is 31.5. The minimum atomic E-state index is -1.71. The maximum absolute atomic E-state index is 12.1. The largest absolute Gasteiger partial charge is 1.00 e. The number of nitrogens with one attached hydrogen (secondary N) is 1. The van der Waals surface area contributed by atoms with Crippen molar-refractivity contribution in [1.82, 2.24) is 10.4 Å². The molecule has 0 aromatic heterocycles. The number of carboxylic acids is 1. The molecule has 9 heteroatoms. The number of unbranched alkanes of at least 4 members (excludes halogenated alkanes) is 4. The number of carboxylic acid groups (broad SMARTS) is 1. The first-order valence-corrected chi connectivity index (χ1v) is 8.86. The van der Waals surface area contributed by atoms with Gasteiger partial charge in [0.25, 0.3) is 0 Å². The number of hydrogen-bond donors (Lipinski definition) is 3. The normalized spacial score (nSPS) is 15.0. The quantitative estimate of drug-likeness (QED) is 0.101. The molecule has 7 nitrogen and oxygen atoms in total. The van der Waals surface area contributed by atoms with E-state index in [1.165, 1.54) is 13.8 Å². The van der Waals surface area contributed by atoms with E-state index in [0.717, 1.165) is 25.7 Å². The Morgan fingerprint density at radius 3 is 2.15 bits per heavy atom. The Hall–Kier alpha value is 0.820. The Morgan fingerprint density at radius 1 is 1.15 bits per heavy atom. The van der Waals surface area contributed by atoms with Crippen LogP contribution in [0, 0.1) is 0 Å². The molecule has 26 heavy (non-hydrogen) atoms. The molecule has 0 aliphatic carbocycles. The molecule has 3 atom stereocenters. The average Bonchev–Trinajstić information content (AvgIpc) is 2.52. The van der Waals surface area contributed by atoms with Crippen LogP contribution in [0.3, 0.4) is 0 Å². The first-order chi connectivity index (χ1) is 11.2. The van der Waals surface area contributed by atoms with Crippen LogP contribution >= 0.6 is 0 Å². The number of nitrogens with zero attached hydrogens (tertiary/aromatic N) is 1. The summed E-state index contributed by atoms with van der Waals surface area (Å²) in [4.78, 5) is 23.8. The molecule has 0 aromatic carbocycles. The number of amides is 1. The molecule has 1 amide bonds. The topological polar surface area (TPSA) is 99.1 Å². The van der Waals surface area contributed by atoms with Gasteiger partial charge < -0.3 is 12.7 Å². The van der Waals surface area contributed by atoms with Gasteiger partial charge in [-0.3, -0.25) is 15.3 Å². The van der Waals surface area contributed by atoms with Crippen LogP contribution in [0.2, 0.25) is 0 Å². The number of hydrogen-bond acceptors (Lipinski definition) is 5. The smallest absolute Gasteiger partial charge is 1.00 e. The van der Waals surface area contributed by atoms with Gasteiger partial charge in [0.15, 0.2) is 5.60 Å². The fraction of sp³-hybridized carbons (Fsp3) is 0.882. The van der Waals surface area contributed by atoms with Crippen LogP contribution in [0.4, 0.5) is 0 Å². The number of carbonyl (C=O) groups is 2. The molecule has 0 saturated carbocycles. The van der Waals surface area contributed by atoms with Gasteiger partial charge >= 0.3 is 65.1 Å². The van der Waals surface area contributed by atoms with E-state index in [0.29, 0.717) is 18.0 Å². The number of aliphatic carboxylic acids is 1. The van der Waals surface area contributed by atoms with E-state index < -0.39 is 29.7 Å². The van der Waals surface area contributed by atoms with Gasteiger partial charge in [-0.2, -0.15) is 0 Å². The summed E-state index contributed by atoms with van der Waals surface area (Å²) in [5.41, 5.74) is -1.71. The van der Waals surface area contributed by atoms with Crippen LogP contribution in [-0.2, 0) is 14.3 Å². The molecule has 0 rings (SSSR count). The number of hydroxylamine groups is 2. The molecule has 3 unspecified atom stereocenters. The third-order valence-electron chi connectivity index (χ3n) is 4.25. The summed E-state index contributed by atoms with van der Waals surface area (Å²) < 4.78 is 5.57. The predicted octanol–water partition coefficient (Wildman–Crippen LogP) is -3.00. The molecule has 0 heterocycles. The Morgan fingerprint density at radius 2 is 1.69 bits per heavy atom. The standard InChI is InChI=1S/C17H34N2O5.2Na.2H/c1-6-8-9-10-11-12-15(20)19(23)13(3)17(5,16(21)22)24-14(4)18-7-2;;;;/h13-14,18,23H,6-12H2,1-5H3,(H,21,22);;;;/q;2*+1;2*-1. The van der Waals surface area contributed by atoms with Crippen LogP contribution in [0.15, 0.2) is 0 Å². The zero-order chi connectivity index (χ0) is 18.8. The first-order valence-electron chi connectivity index (χ1n) is 8.86. The van der Waals surface area contributed by atoms with Crippen LogP contribution in [0.5, 0.6) is 0 Å². The van der Waals surface area contributed by atoms with Gasteiger partial charge in [-0.1, -0.05) is 39.5 Å². The van der Waals surface area contributed by atoms with Gasteiger partial charge in [-0.15, -0.1) is 0 Å². The van der Waals surface area contributed by atoms with Gasteiger partial charge in [-0.05, 0) is 33.7 Å². The molecular weight excluding hydrogens is 358 g/mol. The maximum atomic E-state index is 12.1. The molecule has 0 radical (unpaired) electrons. The maximum Gasteiger partial charge on any atom is 1.00 e. The van der Waals surface area contributed by atoms with Crippen molar-refractivity contribution < 1.29 is 86.6 Å². The molecule has 3 N–H and O–H groups in total. The Kier molecular flexibility index (Phi) is 20.3. The summed E-state index contributed by atoms with van der Waals surface area (Å²) in [6.07, 6.45) is 4.59. The molecule has 146 valence electrons. The minimum Gasteiger partial charge on any atom is -1.00 e. The fourth-order valence-corrected chi connectivity index (χ4v) is 2.47. The second-order valence-corrected chi connectivity index (χ2v) is 6.31. The van der Waals surface area contributed by atoms with Gasteiger partial charge in [-0.25, -0.2) is 9.86 Å². The van der Waals surface area contributed by atoms with E-state index in [-0.39, 0.29) is 68.4 Å². The predicted molar refractivity (Wildman–Crippen MR) is 94.0 cm³/mol. The minimum absolute atomic E-state index is 0. The fourth-order valence-electron chi connectivity index (χ4n) is 2.47. The number of ether oxygens (including phenoxy) is 1. The van der Waals surface area contributed by atoms with E-state index in [9.17, 15) is 19.9 Å². The third-order valence-corrected chi connectivity index (χ3v) is 4.25. The van der Waals surface area contributed by atoms with Crippen molar-refractivity contribution in [2.75, 3.05) is 6.54 Å². The summed E-state index contributed by atoms with van der Waals surface area (Å²) in [6.45, 7) is 9.14. The molecule has 0 aromatic rings. The van der Waals surface area contributed by atoms with Gasteiger partial charge in [0.1, 0.15) is 6.23 Å². The van der Waals surface area contributed by atoms with Gasteiger partial charge in [0.2, 0.25) is 5.91 Å². The second kappa shape index (κ2) is 16.7. The van der Waals surface area contributed by atoms with Gasteiger partial charge in [0, 0.05) is 6.42 Å². The zero-order valence-corrected chi connectivity index (χ0v) is 21.7. The van der Waals surface area contributed by atoms with E-state index in [4.69, 9.17) is 4.74 Å². The van der Waals surface area contributed by atoms with Crippen molar-refractivity contribution in [3.63, 3.8) is 0 Å². The molecule has 0 fully saturated rings. The van der Waals surface area contributed by atoms with Crippen LogP contribution in [0.1, 0.15) is 76.0 Å². The van der Waals surface area contributed by atoms with Crippen molar-refractivity contribution in [3.8, 4) is 0 Å².